The van der Waals surface area contributed by atoms with Gasteiger partial charge in [-0.15, -0.1) is 0 Å². The molecular weight excluding hydrogens is 212 g/mol. The minimum Gasteiger partial charge on any atom is -0.341 e. The quantitative estimate of drug-likeness (QED) is 0.821. The van der Waals surface area contributed by atoms with E-state index in [1.165, 1.54) is 12.8 Å². The van der Waals surface area contributed by atoms with Crippen LogP contribution in [0.3, 0.4) is 0 Å². The normalized spacial score (nSPS) is 22.4. The van der Waals surface area contributed by atoms with E-state index in [0.717, 1.165) is 44.7 Å². The van der Waals surface area contributed by atoms with E-state index in [9.17, 15) is 4.79 Å². The monoisotopic (exact) mass is 240 g/mol. The molecule has 1 aliphatic rings. The average molecular weight is 240 g/mol. The van der Waals surface area contributed by atoms with Crippen molar-refractivity contribution in [3.05, 3.63) is 0 Å². The highest BCUT2D eigenvalue weighted by molar-refractivity contribution is 5.86. The molecule has 0 aromatic heterocycles. The second-order valence-electron chi connectivity index (χ2n) is 5.36. The van der Waals surface area contributed by atoms with Gasteiger partial charge in [-0.3, -0.25) is 4.79 Å². The molecule has 100 valence electrons. The van der Waals surface area contributed by atoms with Gasteiger partial charge in [0.25, 0.3) is 0 Å². The van der Waals surface area contributed by atoms with E-state index in [-0.39, 0.29) is 5.91 Å². The number of carbonyl (C=O) groups is 1. The van der Waals surface area contributed by atoms with Crippen LogP contribution >= 0.6 is 0 Å². The molecule has 0 aromatic carbocycles. The Bertz CT molecular complexity index is 249. The van der Waals surface area contributed by atoms with Gasteiger partial charge < -0.3 is 10.6 Å². The van der Waals surface area contributed by atoms with Crippen LogP contribution in [0.4, 0.5) is 0 Å². The molecule has 1 rings (SSSR count). The van der Waals surface area contributed by atoms with Gasteiger partial charge in [0.2, 0.25) is 5.91 Å². The molecule has 0 spiro atoms. The zero-order chi connectivity index (χ0) is 12.9. The number of likely N-dealkylation sites (tertiary alicyclic amines) is 1. The summed E-state index contributed by atoms with van der Waals surface area (Å²) in [5, 5.41) is 0. The molecule has 0 saturated carbocycles. The molecule has 3 heteroatoms. The third kappa shape index (κ3) is 3.44. The summed E-state index contributed by atoms with van der Waals surface area (Å²) in [6, 6.07) is 0. The summed E-state index contributed by atoms with van der Waals surface area (Å²) in [5.41, 5.74) is 5.57. The standard InChI is InChI=1S/C14H28N2O/c1-4-12-8-7-10-16(11-9-12)13(17)14(15,5-2)6-3/h12H,4-11,15H2,1-3H3. The van der Waals surface area contributed by atoms with Crippen molar-refractivity contribution < 1.29 is 4.79 Å². The highest BCUT2D eigenvalue weighted by Gasteiger charge is 2.34. The first-order valence-electron chi connectivity index (χ1n) is 7.15. The van der Waals surface area contributed by atoms with Crippen LogP contribution in [0.1, 0.15) is 59.3 Å². The van der Waals surface area contributed by atoms with Crippen LogP contribution in [0.2, 0.25) is 0 Å². The largest absolute Gasteiger partial charge is 0.341 e. The predicted molar refractivity (Wildman–Crippen MR) is 71.7 cm³/mol. The topological polar surface area (TPSA) is 46.3 Å². The Morgan fingerprint density at radius 3 is 2.41 bits per heavy atom. The molecule has 0 radical (unpaired) electrons. The Kier molecular flexibility index (Phi) is 5.44. The summed E-state index contributed by atoms with van der Waals surface area (Å²) in [6.07, 6.45) is 6.24. The van der Waals surface area contributed by atoms with Crippen molar-refractivity contribution in [2.75, 3.05) is 13.1 Å². The Balaban J connectivity index is 2.63. The molecule has 1 fully saturated rings. The molecule has 0 aromatic rings. The molecule has 1 heterocycles. The minimum atomic E-state index is -0.633. The minimum absolute atomic E-state index is 0.166. The zero-order valence-electron chi connectivity index (χ0n) is 11.7. The fraction of sp³-hybridized carbons (Fsp3) is 0.929. The van der Waals surface area contributed by atoms with E-state index in [0.29, 0.717) is 0 Å². The van der Waals surface area contributed by atoms with Gasteiger partial charge in [0.05, 0.1) is 5.54 Å². The lowest BCUT2D eigenvalue weighted by molar-refractivity contribution is -0.137. The van der Waals surface area contributed by atoms with Crippen LogP contribution in [-0.2, 0) is 4.79 Å². The van der Waals surface area contributed by atoms with Crippen molar-refractivity contribution >= 4 is 5.91 Å². The van der Waals surface area contributed by atoms with Gasteiger partial charge in [0, 0.05) is 13.1 Å². The van der Waals surface area contributed by atoms with E-state index in [1.807, 2.05) is 18.7 Å². The second-order valence-corrected chi connectivity index (χ2v) is 5.36. The molecule has 2 N–H and O–H groups in total. The van der Waals surface area contributed by atoms with E-state index in [4.69, 9.17) is 5.73 Å². The van der Waals surface area contributed by atoms with Crippen LogP contribution in [0, 0.1) is 5.92 Å². The molecule has 1 aliphatic heterocycles. The lowest BCUT2D eigenvalue weighted by atomic mass is 9.92. The summed E-state index contributed by atoms with van der Waals surface area (Å²) in [5.74, 6) is 0.961. The van der Waals surface area contributed by atoms with Gasteiger partial charge in [-0.2, -0.15) is 0 Å². The molecule has 1 unspecified atom stereocenters. The Morgan fingerprint density at radius 1 is 1.24 bits per heavy atom. The van der Waals surface area contributed by atoms with Gasteiger partial charge in [0.1, 0.15) is 0 Å². The Morgan fingerprint density at radius 2 is 1.88 bits per heavy atom. The molecule has 0 aliphatic carbocycles. The fourth-order valence-corrected chi connectivity index (χ4v) is 2.64. The van der Waals surface area contributed by atoms with Crippen molar-refractivity contribution in [2.45, 2.75) is 64.8 Å². The van der Waals surface area contributed by atoms with Crippen molar-refractivity contribution in [2.24, 2.45) is 11.7 Å². The van der Waals surface area contributed by atoms with Gasteiger partial charge >= 0.3 is 0 Å². The molecule has 3 nitrogen and oxygen atoms in total. The van der Waals surface area contributed by atoms with E-state index in [2.05, 4.69) is 6.92 Å². The molecule has 0 bridgehead atoms. The zero-order valence-corrected chi connectivity index (χ0v) is 11.7. The summed E-state index contributed by atoms with van der Waals surface area (Å²) in [4.78, 5) is 14.4. The average Bonchev–Trinajstić information content (AvgIpc) is 2.62. The number of hydrogen-bond acceptors (Lipinski definition) is 2. The van der Waals surface area contributed by atoms with Crippen molar-refractivity contribution in [1.82, 2.24) is 4.90 Å². The van der Waals surface area contributed by atoms with Crippen LogP contribution in [0.15, 0.2) is 0 Å². The molecular formula is C14H28N2O. The molecule has 1 saturated heterocycles. The van der Waals surface area contributed by atoms with Gasteiger partial charge in [-0.25, -0.2) is 0 Å². The highest BCUT2D eigenvalue weighted by atomic mass is 16.2. The number of carbonyl (C=O) groups excluding carboxylic acids is 1. The van der Waals surface area contributed by atoms with Crippen LogP contribution < -0.4 is 5.73 Å². The van der Waals surface area contributed by atoms with Crippen molar-refractivity contribution in [3.8, 4) is 0 Å². The second kappa shape index (κ2) is 6.39. The highest BCUT2D eigenvalue weighted by Crippen LogP contribution is 2.23. The number of hydrogen-bond donors (Lipinski definition) is 1. The summed E-state index contributed by atoms with van der Waals surface area (Å²) in [7, 11) is 0. The first kappa shape index (κ1) is 14.5. The van der Waals surface area contributed by atoms with Gasteiger partial charge in [0.15, 0.2) is 0 Å². The number of nitrogens with two attached hydrogens (primary N) is 1. The third-order valence-electron chi connectivity index (χ3n) is 4.40. The van der Waals surface area contributed by atoms with Crippen LogP contribution in [0.5, 0.6) is 0 Å². The lowest BCUT2D eigenvalue weighted by Gasteiger charge is -2.32. The Labute approximate surface area is 106 Å². The predicted octanol–water partition coefficient (Wildman–Crippen LogP) is 2.54. The first-order valence-corrected chi connectivity index (χ1v) is 7.15. The maximum atomic E-state index is 12.4. The Hall–Kier alpha value is -0.570. The smallest absolute Gasteiger partial charge is 0.242 e. The number of rotatable bonds is 4. The third-order valence-corrected chi connectivity index (χ3v) is 4.40. The number of amides is 1. The van der Waals surface area contributed by atoms with E-state index in [1.54, 1.807) is 0 Å². The first-order chi connectivity index (χ1) is 8.07. The van der Waals surface area contributed by atoms with Gasteiger partial charge in [-0.05, 0) is 38.0 Å². The fourth-order valence-electron chi connectivity index (χ4n) is 2.64. The van der Waals surface area contributed by atoms with Crippen molar-refractivity contribution in [1.29, 1.82) is 0 Å². The molecule has 1 amide bonds. The molecule has 1 atom stereocenters. The number of nitrogens with zero attached hydrogens (tertiary/aromatic N) is 1. The lowest BCUT2D eigenvalue weighted by Crippen LogP contribution is -2.54. The van der Waals surface area contributed by atoms with E-state index < -0.39 is 5.54 Å². The van der Waals surface area contributed by atoms with Crippen LogP contribution in [0.25, 0.3) is 0 Å². The summed E-state index contributed by atoms with van der Waals surface area (Å²) in [6.45, 7) is 8.06. The summed E-state index contributed by atoms with van der Waals surface area (Å²) < 4.78 is 0. The van der Waals surface area contributed by atoms with Crippen molar-refractivity contribution in [3.63, 3.8) is 0 Å². The summed E-state index contributed by atoms with van der Waals surface area (Å²) >= 11 is 0. The maximum absolute atomic E-state index is 12.4. The molecule has 17 heavy (non-hydrogen) atoms. The van der Waals surface area contributed by atoms with Gasteiger partial charge in [-0.1, -0.05) is 27.2 Å². The van der Waals surface area contributed by atoms with E-state index >= 15 is 0 Å². The maximum Gasteiger partial charge on any atom is 0.242 e. The van der Waals surface area contributed by atoms with Crippen LogP contribution in [-0.4, -0.2) is 29.4 Å². The SMILES string of the molecule is CCC1CCCN(C(=O)C(N)(CC)CC)CC1.